The monoisotopic (exact) mass is 451 g/mol. The van der Waals surface area contributed by atoms with Crippen LogP contribution in [0, 0.1) is 12.7 Å². The van der Waals surface area contributed by atoms with Gasteiger partial charge in [-0.2, -0.15) is 0 Å². The zero-order valence-electron chi connectivity index (χ0n) is 19.2. The number of hydrogen-bond acceptors (Lipinski definition) is 3. The first-order valence-electron chi connectivity index (χ1n) is 11.8. The molecule has 2 aliphatic rings. The van der Waals surface area contributed by atoms with Gasteiger partial charge in [0.1, 0.15) is 22.8 Å². The molecule has 2 amide bonds. The van der Waals surface area contributed by atoms with Gasteiger partial charge in [-0.15, -0.1) is 0 Å². The highest BCUT2D eigenvalue weighted by molar-refractivity contribution is 6.03. The Balaban J connectivity index is 1.54. The molecule has 1 fully saturated rings. The number of carbonyl (C=O) groups excluding carboxylic acids is 2. The standard InChI is InChI=1S/C26H30FN3O3/c1-17-13-21-23(33-17)14-22-24(31)30(15-18-9-7-8-12-20(18)27)26(2,16-29(21)22)25(32)28-19-10-5-3-4-6-11-19/h7-9,12-14,19H,3-6,10-11,15-16H2,1-2H3,(H,28,32)/t26-/m0/s1. The van der Waals surface area contributed by atoms with Gasteiger partial charge in [0.15, 0.2) is 5.58 Å². The molecule has 1 aliphatic carbocycles. The quantitative estimate of drug-likeness (QED) is 0.572. The number of amides is 2. The molecule has 5 rings (SSSR count). The Bertz CT molecular complexity index is 1200. The maximum Gasteiger partial charge on any atom is 0.271 e. The van der Waals surface area contributed by atoms with Crippen LogP contribution in [0.5, 0.6) is 0 Å². The highest BCUT2D eigenvalue weighted by Gasteiger charge is 2.48. The molecule has 7 heteroatoms. The molecule has 1 aliphatic heterocycles. The van der Waals surface area contributed by atoms with Gasteiger partial charge in [0.05, 0.1) is 18.6 Å². The van der Waals surface area contributed by atoms with Gasteiger partial charge in [0.25, 0.3) is 5.91 Å². The van der Waals surface area contributed by atoms with Gasteiger partial charge in [0.2, 0.25) is 5.91 Å². The van der Waals surface area contributed by atoms with Crippen molar-refractivity contribution in [3.63, 3.8) is 0 Å². The lowest BCUT2D eigenvalue weighted by molar-refractivity contribution is -0.134. The van der Waals surface area contributed by atoms with Gasteiger partial charge >= 0.3 is 0 Å². The molecule has 0 saturated heterocycles. The fourth-order valence-electron chi connectivity index (χ4n) is 5.27. The summed E-state index contributed by atoms with van der Waals surface area (Å²) in [6, 6.07) is 10.1. The minimum Gasteiger partial charge on any atom is -0.460 e. The van der Waals surface area contributed by atoms with E-state index >= 15 is 0 Å². The number of nitrogens with one attached hydrogen (secondary N) is 1. The average Bonchev–Trinajstić information content (AvgIpc) is 3.17. The molecule has 33 heavy (non-hydrogen) atoms. The van der Waals surface area contributed by atoms with Crippen LogP contribution in [-0.2, 0) is 17.9 Å². The molecular formula is C26H30FN3O3. The molecule has 3 aromatic rings. The van der Waals surface area contributed by atoms with Crippen LogP contribution >= 0.6 is 0 Å². The second kappa shape index (κ2) is 8.36. The number of carbonyl (C=O) groups is 2. The van der Waals surface area contributed by atoms with Crippen LogP contribution in [0.15, 0.2) is 40.8 Å². The van der Waals surface area contributed by atoms with E-state index in [4.69, 9.17) is 4.42 Å². The van der Waals surface area contributed by atoms with E-state index in [2.05, 4.69) is 5.32 Å². The molecule has 174 valence electrons. The lowest BCUT2D eigenvalue weighted by atomic mass is 9.93. The second-order valence-corrected chi connectivity index (χ2v) is 9.64. The van der Waals surface area contributed by atoms with E-state index in [9.17, 15) is 14.0 Å². The van der Waals surface area contributed by atoms with Crippen molar-refractivity contribution in [2.24, 2.45) is 0 Å². The summed E-state index contributed by atoms with van der Waals surface area (Å²) in [5.41, 5.74) is 1.10. The fraction of sp³-hybridized carbons (Fsp3) is 0.462. The van der Waals surface area contributed by atoms with Gasteiger partial charge in [0, 0.05) is 23.7 Å². The highest BCUT2D eigenvalue weighted by atomic mass is 19.1. The summed E-state index contributed by atoms with van der Waals surface area (Å²) in [5.74, 6) is -0.123. The number of aromatic nitrogens is 1. The molecule has 1 atom stereocenters. The third kappa shape index (κ3) is 3.83. The predicted octanol–water partition coefficient (Wildman–Crippen LogP) is 4.94. The van der Waals surface area contributed by atoms with Crippen LogP contribution in [0.2, 0.25) is 0 Å². The normalized spacial score (nSPS) is 21.8. The number of nitrogens with zero attached hydrogens (tertiary/aromatic N) is 2. The van der Waals surface area contributed by atoms with E-state index in [1.807, 2.05) is 17.6 Å². The number of halogens is 1. The van der Waals surface area contributed by atoms with Crippen molar-refractivity contribution in [3.05, 3.63) is 59.2 Å². The summed E-state index contributed by atoms with van der Waals surface area (Å²) in [4.78, 5) is 29.0. The largest absolute Gasteiger partial charge is 0.460 e. The van der Waals surface area contributed by atoms with Crippen LogP contribution in [-0.4, -0.2) is 32.9 Å². The Kier molecular flexibility index (Phi) is 5.51. The zero-order chi connectivity index (χ0) is 23.2. The summed E-state index contributed by atoms with van der Waals surface area (Å²) in [6.45, 7) is 3.95. The van der Waals surface area contributed by atoms with Crippen LogP contribution in [0.3, 0.4) is 0 Å². The first-order chi connectivity index (χ1) is 15.9. The summed E-state index contributed by atoms with van der Waals surface area (Å²) < 4.78 is 22.2. The Morgan fingerprint density at radius 1 is 1.18 bits per heavy atom. The van der Waals surface area contributed by atoms with E-state index in [1.165, 1.54) is 23.8 Å². The lowest BCUT2D eigenvalue weighted by Crippen LogP contribution is -2.64. The smallest absolute Gasteiger partial charge is 0.271 e. The van der Waals surface area contributed by atoms with Crippen molar-refractivity contribution in [3.8, 4) is 0 Å². The summed E-state index contributed by atoms with van der Waals surface area (Å²) in [6.07, 6.45) is 6.45. The zero-order valence-corrected chi connectivity index (χ0v) is 19.2. The third-order valence-corrected chi connectivity index (χ3v) is 7.20. The molecule has 2 aromatic heterocycles. The van der Waals surface area contributed by atoms with Crippen molar-refractivity contribution in [2.45, 2.75) is 77.0 Å². The molecule has 0 radical (unpaired) electrons. The maximum absolute atomic E-state index is 14.5. The molecule has 6 nitrogen and oxygen atoms in total. The topological polar surface area (TPSA) is 67.5 Å². The van der Waals surface area contributed by atoms with Gasteiger partial charge in [-0.1, -0.05) is 43.9 Å². The molecule has 0 unspecified atom stereocenters. The summed E-state index contributed by atoms with van der Waals surface area (Å²) in [5, 5.41) is 3.23. The third-order valence-electron chi connectivity index (χ3n) is 7.20. The number of fused-ring (bicyclic) bond motifs is 3. The highest BCUT2D eigenvalue weighted by Crippen LogP contribution is 2.35. The van der Waals surface area contributed by atoms with E-state index in [0.717, 1.165) is 37.0 Å². The van der Waals surface area contributed by atoms with Gasteiger partial charge in [-0.05, 0) is 32.8 Å². The first-order valence-corrected chi connectivity index (χ1v) is 11.8. The summed E-state index contributed by atoms with van der Waals surface area (Å²) >= 11 is 0. The number of aryl methyl sites for hydroxylation is 1. The number of benzene rings is 1. The lowest BCUT2D eigenvalue weighted by Gasteiger charge is -2.44. The predicted molar refractivity (Wildman–Crippen MR) is 123 cm³/mol. The Morgan fingerprint density at radius 2 is 1.91 bits per heavy atom. The van der Waals surface area contributed by atoms with Gasteiger partial charge in [-0.3, -0.25) is 9.59 Å². The van der Waals surface area contributed by atoms with Gasteiger partial charge < -0.3 is 19.2 Å². The van der Waals surface area contributed by atoms with Crippen molar-refractivity contribution in [1.29, 1.82) is 0 Å². The Labute approximate surface area is 192 Å². The van der Waals surface area contributed by atoms with E-state index in [0.29, 0.717) is 16.8 Å². The van der Waals surface area contributed by atoms with Crippen molar-refractivity contribution in [1.82, 2.24) is 14.8 Å². The van der Waals surface area contributed by atoms with Crippen LogP contribution < -0.4 is 5.32 Å². The van der Waals surface area contributed by atoms with Crippen LogP contribution in [0.1, 0.15) is 67.3 Å². The van der Waals surface area contributed by atoms with Crippen molar-refractivity contribution in [2.75, 3.05) is 0 Å². The van der Waals surface area contributed by atoms with Crippen molar-refractivity contribution < 1.29 is 18.4 Å². The van der Waals surface area contributed by atoms with Crippen molar-refractivity contribution >= 4 is 22.9 Å². The first kappa shape index (κ1) is 21.7. The molecule has 1 N–H and O–H groups in total. The number of rotatable bonds is 4. The van der Waals surface area contributed by atoms with E-state index in [1.54, 1.807) is 31.2 Å². The maximum atomic E-state index is 14.5. The van der Waals surface area contributed by atoms with E-state index in [-0.39, 0.29) is 36.8 Å². The molecule has 1 aromatic carbocycles. The number of furan rings is 1. The average molecular weight is 452 g/mol. The minimum atomic E-state index is -1.17. The Morgan fingerprint density at radius 3 is 2.64 bits per heavy atom. The summed E-state index contributed by atoms with van der Waals surface area (Å²) in [7, 11) is 0. The van der Waals surface area contributed by atoms with Crippen LogP contribution in [0.25, 0.3) is 11.1 Å². The fourth-order valence-corrected chi connectivity index (χ4v) is 5.27. The van der Waals surface area contributed by atoms with Gasteiger partial charge in [-0.25, -0.2) is 4.39 Å². The molecule has 0 bridgehead atoms. The molecule has 1 saturated carbocycles. The van der Waals surface area contributed by atoms with Crippen LogP contribution in [0.4, 0.5) is 4.39 Å². The second-order valence-electron chi connectivity index (χ2n) is 9.64. The van der Waals surface area contributed by atoms with E-state index < -0.39 is 5.54 Å². The number of hydrogen-bond donors (Lipinski definition) is 1. The Hall–Kier alpha value is -3.09. The minimum absolute atomic E-state index is 0.0195. The SMILES string of the molecule is Cc1cc2c(cc3n2C[C@@](C)(C(=O)NC2CCCCCC2)N(Cc2ccccc2F)C3=O)o1. The molecular weight excluding hydrogens is 421 g/mol. The molecule has 3 heterocycles. The molecule has 0 spiro atoms.